The van der Waals surface area contributed by atoms with Crippen molar-refractivity contribution >= 4 is 5.97 Å². The summed E-state index contributed by atoms with van der Waals surface area (Å²) in [7, 11) is 1.38. The Bertz CT molecular complexity index is 251. The SMILES string of the molecule is COC(=O)[C@H]1C=CN2CC[C@H](O)[C@@H]12. The number of carbonyl (C=O) groups excluding carboxylic acids is 1. The van der Waals surface area contributed by atoms with Crippen molar-refractivity contribution in [1.29, 1.82) is 0 Å². The summed E-state index contributed by atoms with van der Waals surface area (Å²) in [5, 5.41) is 9.62. The van der Waals surface area contributed by atoms with Gasteiger partial charge in [-0.1, -0.05) is 6.08 Å². The molecule has 0 radical (unpaired) electrons. The van der Waals surface area contributed by atoms with Crippen molar-refractivity contribution in [3.8, 4) is 0 Å². The normalized spacial score (nSPS) is 36.5. The monoisotopic (exact) mass is 183 g/mol. The summed E-state index contributed by atoms with van der Waals surface area (Å²) >= 11 is 0. The van der Waals surface area contributed by atoms with Gasteiger partial charge in [0, 0.05) is 6.54 Å². The number of hydrogen-bond acceptors (Lipinski definition) is 4. The van der Waals surface area contributed by atoms with Crippen molar-refractivity contribution in [2.75, 3.05) is 13.7 Å². The number of aliphatic hydroxyl groups excluding tert-OH is 1. The molecule has 0 aromatic rings. The molecule has 0 aliphatic carbocycles. The van der Waals surface area contributed by atoms with Crippen LogP contribution >= 0.6 is 0 Å². The molecule has 2 rings (SSSR count). The predicted octanol–water partition coefficient (Wildman–Crippen LogP) is -0.262. The molecule has 2 aliphatic rings. The first-order valence-electron chi connectivity index (χ1n) is 4.44. The van der Waals surface area contributed by atoms with Crippen LogP contribution in [-0.4, -0.2) is 41.8 Å². The third-order valence-electron chi connectivity index (χ3n) is 2.79. The summed E-state index contributed by atoms with van der Waals surface area (Å²) in [6.45, 7) is 0.829. The van der Waals surface area contributed by atoms with E-state index in [9.17, 15) is 9.90 Å². The first-order valence-corrected chi connectivity index (χ1v) is 4.44. The molecule has 4 heteroatoms. The molecule has 0 amide bonds. The van der Waals surface area contributed by atoms with E-state index in [4.69, 9.17) is 0 Å². The Hall–Kier alpha value is -1.03. The van der Waals surface area contributed by atoms with Gasteiger partial charge in [0.2, 0.25) is 0 Å². The maximum atomic E-state index is 11.3. The van der Waals surface area contributed by atoms with E-state index >= 15 is 0 Å². The first kappa shape index (κ1) is 8.56. The van der Waals surface area contributed by atoms with Crippen molar-refractivity contribution in [3.05, 3.63) is 12.3 Å². The van der Waals surface area contributed by atoms with Gasteiger partial charge in [0.1, 0.15) is 0 Å². The van der Waals surface area contributed by atoms with Gasteiger partial charge in [0.25, 0.3) is 0 Å². The molecule has 0 aromatic heterocycles. The Kier molecular flexibility index (Phi) is 2.00. The van der Waals surface area contributed by atoms with Gasteiger partial charge in [-0.25, -0.2) is 0 Å². The molecule has 13 heavy (non-hydrogen) atoms. The number of fused-ring (bicyclic) bond motifs is 1. The van der Waals surface area contributed by atoms with Gasteiger partial charge in [-0.05, 0) is 12.6 Å². The Balaban J connectivity index is 2.14. The van der Waals surface area contributed by atoms with E-state index in [0.29, 0.717) is 0 Å². The fraction of sp³-hybridized carbons (Fsp3) is 0.667. The van der Waals surface area contributed by atoms with Crippen molar-refractivity contribution in [3.63, 3.8) is 0 Å². The van der Waals surface area contributed by atoms with E-state index < -0.39 is 6.10 Å². The highest BCUT2D eigenvalue weighted by Crippen LogP contribution is 2.31. The molecule has 1 N–H and O–H groups in total. The van der Waals surface area contributed by atoms with E-state index in [2.05, 4.69) is 4.74 Å². The third-order valence-corrected chi connectivity index (χ3v) is 2.79. The molecule has 0 saturated carbocycles. The summed E-state index contributed by atoms with van der Waals surface area (Å²) in [6, 6.07) is -0.0903. The van der Waals surface area contributed by atoms with E-state index in [1.54, 1.807) is 6.08 Å². The summed E-state index contributed by atoms with van der Waals surface area (Å²) in [6.07, 6.45) is 4.02. The van der Waals surface area contributed by atoms with E-state index in [0.717, 1.165) is 13.0 Å². The maximum absolute atomic E-state index is 11.3. The van der Waals surface area contributed by atoms with Crippen LogP contribution in [0.25, 0.3) is 0 Å². The maximum Gasteiger partial charge on any atom is 0.314 e. The Labute approximate surface area is 76.8 Å². The molecule has 72 valence electrons. The smallest absolute Gasteiger partial charge is 0.314 e. The van der Waals surface area contributed by atoms with Crippen LogP contribution in [0, 0.1) is 5.92 Å². The average Bonchev–Trinajstić information content (AvgIpc) is 2.68. The van der Waals surface area contributed by atoms with Crippen molar-refractivity contribution < 1.29 is 14.6 Å². The second kappa shape index (κ2) is 3.03. The number of hydrogen-bond donors (Lipinski definition) is 1. The number of ether oxygens (including phenoxy) is 1. The largest absolute Gasteiger partial charge is 0.469 e. The van der Waals surface area contributed by atoms with Crippen LogP contribution in [0.2, 0.25) is 0 Å². The molecule has 0 unspecified atom stereocenters. The Morgan fingerprint density at radius 2 is 2.46 bits per heavy atom. The topological polar surface area (TPSA) is 49.8 Å². The zero-order valence-corrected chi connectivity index (χ0v) is 7.51. The van der Waals surface area contributed by atoms with Crippen LogP contribution in [0.1, 0.15) is 6.42 Å². The molecule has 0 bridgehead atoms. The number of methoxy groups -OCH3 is 1. The second-order valence-corrected chi connectivity index (χ2v) is 3.47. The van der Waals surface area contributed by atoms with E-state index in [-0.39, 0.29) is 17.9 Å². The molecule has 0 spiro atoms. The lowest BCUT2D eigenvalue weighted by Gasteiger charge is -2.22. The van der Waals surface area contributed by atoms with Crippen LogP contribution < -0.4 is 0 Å². The summed E-state index contributed by atoms with van der Waals surface area (Å²) in [5.41, 5.74) is 0. The summed E-state index contributed by atoms with van der Waals surface area (Å²) in [5.74, 6) is -0.549. The van der Waals surface area contributed by atoms with Gasteiger partial charge in [0.05, 0.1) is 25.2 Å². The minimum atomic E-state index is -0.404. The fourth-order valence-electron chi connectivity index (χ4n) is 2.11. The number of aliphatic hydroxyl groups is 1. The Morgan fingerprint density at radius 3 is 3.15 bits per heavy atom. The highest BCUT2D eigenvalue weighted by atomic mass is 16.5. The fourth-order valence-corrected chi connectivity index (χ4v) is 2.11. The second-order valence-electron chi connectivity index (χ2n) is 3.47. The van der Waals surface area contributed by atoms with Gasteiger partial charge in [0.15, 0.2) is 0 Å². The molecule has 1 fully saturated rings. The quantitative estimate of drug-likeness (QED) is 0.569. The zero-order chi connectivity index (χ0) is 9.42. The van der Waals surface area contributed by atoms with Crippen LogP contribution in [0.15, 0.2) is 12.3 Å². The van der Waals surface area contributed by atoms with Crippen molar-refractivity contribution in [2.45, 2.75) is 18.6 Å². The molecular formula is C9H13NO3. The van der Waals surface area contributed by atoms with Crippen LogP contribution in [0.5, 0.6) is 0 Å². The first-order chi connectivity index (χ1) is 6.24. The molecule has 3 atom stereocenters. The minimum Gasteiger partial charge on any atom is -0.469 e. The molecule has 4 nitrogen and oxygen atoms in total. The van der Waals surface area contributed by atoms with Crippen LogP contribution in [-0.2, 0) is 9.53 Å². The summed E-state index contributed by atoms with van der Waals surface area (Å²) < 4.78 is 4.66. The lowest BCUT2D eigenvalue weighted by molar-refractivity contribution is -0.145. The molecule has 2 heterocycles. The van der Waals surface area contributed by atoms with Gasteiger partial charge in [-0.2, -0.15) is 0 Å². The number of esters is 1. The highest BCUT2D eigenvalue weighted by Gasteiger charge is 2.43. The highest BCUT2D eigenvalue weighted by molar-refractivity contribution is 5.76. The van der Waals surface area contributed by atoms with Crippen LogP contribution in [0.4, 0.5) is 0 Å². The molecular weight excluding hydrogens is 170 g/mol. The molecule has 2 aliphatic heterocycles. The average molecular weight is 183 g/mol. The van der Waals surface area contributed by atoms with Gasteiger partial charge >= 0.3 is 5.97 Å². The van der Waals surface area contributed by atoms with Crippen molar-refractivity contribution in [2.24, 2.45) is 5.92 Å². The van der Waals surface area contributed by atoms with Crippen LogP contribution in [0.3, 0.4) is 0 Å². The minimum absolute atomic E-state index is 0.0903. The third kappa shape index (κ3) is 1.21. The Morgan fingerprint density at radius 1 is 1.69 bits per heavy atom. The van der Waals surface area contributed by atoms with Gasteiger partial charge < -0.3 is 14.7 Å². The van der Waals surface area contributed by atoms with Crippen molar-refractivity contribution in [1.82, 2.24) is 4.90 Å². The molecule has 1 saturated heterocycles. The number of nitrogens with zero attached hydrogens (tertiary/aromatic N) is 1. The lowest BCUT2D eigenvalue weighted by Crippen LogP contribution is -2.37. The van der Waals surface area contributed by atoms with E-state index in [1.807, 2.05) is 11.1 Å². The molecule has 0 aromatic carbocycles. The van der Waals surface area contributed by atoms with Gasteiger partial charge in [-0.15, -0.1) is 0 Å². The number of carbonyl (C=O) groups is 1. The predicted molar refractivity (Wildman–Crippen MR) is 45.8 cm³/mol. The van der Waals surface area contributed by atoms with Gasteiger partial charge in [-0.3, -0.25) is 4.79 Å². The zero-order valence-electron chi connectivity index (χ0n) is 7.51. The standard InChI is InChI=1S/C9H13NO3/c1-13-9(12)6-2-4-10-5-3-7(11)8(6)10/h2,4,6-8,11H,3,5H2,1H3/t6-,7-,8+/m0/s1. The number of rotatable bonds is 1. The van der Waals surface area contributed by atoms with E-state index in [1.165, 1.54) is 7.11 Å². The lowest BCUT2D eigenvalue weighted by atomic mass is 9.98. The summed E-state index contributed by atoms with van der Waals surface area (Å²) in [4.78, 5) is 13.3.